The van der Waals surface area contributed by atoms with Crippen molar-refractivity contribution in [2.24, 2.45) is 11.1 Å². The monoisotopic (exact) mass is 208 g/mol. The summed E-state index contributed by atoms with van der Waals surface area (Å²) >= 11 is 0. The lowest BCUT2D eigenvalue weighted by molar-refractivity contribution is 0.136. The molecule has 0 radical (unpaired) electrons. The Bertz CT molecular complexity index is 240. The summed E-state index contributed by atoms with van der Waals surface area (Å²) in [6.45, 7) is 7.38. The number of hydrogen-bond acceptors (Lipinski definition) is 2. The molecule has 1 fully saturated rings. The summed E-state index contributed by atoms with van der Waals surface area (Å²) < 4.78 is 0. The Morgan fingerprint density at radius 2 is 1.87 bits per heavy atom. The first-order valence-electron chi connectivity index (χ1n) is 5.87. The fourth-order valence-electron chi connectivity index (χ4n) is 2.31. The lowest BCUT2D eigenvalue weighted by Crippen LogP contribution is -2.56. The molecule has 86 valence electrons. The number of hydrogen-bond donors (Lipinski definition) is 2. The van der Waals surface area contributed by atoms with Crippen LogP contribution in [-0.2, 0) is 0 Å². The maximum atomic E-state index is 5.90. The second-order valence-corrected chi connectivity index (χ2v) is 5.68. The summed E-state index contributed by atoms with van der Waals surface area (Å²) in [5, 5.41) is 3.51. The Morgan fingerprint density at radius 3 is 2.27 bits per heavy atom. The summed E-state index contributed by atoms with van der Waals surface area (Å²) in [6, 6.07) is 0.120. The van der Waals surface area contributed by atoms with Crippen LogP contribution in [0.2, 0.25) is 0 Å². The van der Waals surface area contributed by atoms with E-state index in [0.717, 1.165) is 12.8 Å². The zero-order chi connectivity index (χ0) is 11.5. The lowest BCUT2D eigenvalue weighted by Gasteiger charge is -2.44. The van der Waals surface area contributed by atoms with Gasteiger partial charge in [-0.15, -0.1) is 6.42 Å². The van der Waals surface area contributed by atoms with Gasteiger partial charge in [0.25, 0.3) is 0 Å². The van der Waals surface area contributed by atoms with Gasteiger partial charge in [0.2, 0.25) is 0 Å². The number of nitrogens with two attached hydrogens (primary N) is 1. The summed E-state index contributed by atoms with van der Waals surface area (Å²) in [4.78, 5) is 0. The summed E-state index contributed by atoms with van der Waals surface area (Å²) in [6.07, 6.45) is 10.1. The van der Waals surface area contributed by atoms with E-state index in [4.69, 9.17) is 12.2 Å². The highest BCUT2D eigenvalue weighted by atomic mass is 15.0. The standard InChI is InChI=1S/C13H24N2/c1-5-11(2)15-13(10-14)8-6-12(3,4)7-9-13/h1,11,15H,6-10,14H2,2-4H3. The van der Waals surface area contributed by atoms with Crippen molar-refractivity contribution in [1.82, 2.24) is 5.32 Å². The highest BCUT2D eigenvalue weighted by Crippen LogP contribution is 2.39. The van der Waals surface area contributed by atoms with Gasteiger partial charge in [-0.2, -0.15) is 0 Å². The molecule has 0 spiro atoms. The summed E-state index contributed by atoms with van der Waals surface area (Å²) in [5.74, 6) is 2.73. The van der Waals surface area contributed by atoms with Crippen molar-refractivity contribution in [1.29, 1.82) is 0 Å². The Labute approximate surface area is 94.0 Å². The molecule has 3 N–H and O–H groups in total. The molecule has 0 bridgehead atoms. The first-order valence-corrected chi connectivity index (χ1v) is 5.87. The Hall–Kier alpha value is -0.520. The average Bonchev–Trinajstić information content (AvgIpc) is 2.22. The molecule has 1 unspecified atom stereocenters. The molecular weight excluding hydrogens is 184 g/mol. The molecule has 0 heterocycles. The smallest absolute Gasteiger partial charge is 0.0663 e. The van der Waals surface area contributed by atoms with E-state index >= 15 is 0 Å². The Balaban J connectivity index is 2.61. The van der Waals surface area contributed by atoms with Gasteiger partial charge < -0.3 is 5.73 Å². The van der Waals surface area contributed by atoms with Crippen LogP contribution in [0.25, 0.3) is 0 Å². The van der Waals surface area contributed by atoms with Crippen LogP contribution < -0.4 is 11.1 Å². The van der Waals surface area contributed by atoms with Crippen molar-refractivity contribution in [2.75, 3.05) is 6.54 Å². The van der Waals surface area contributed by atoms with Crippen LogP contribution in [-0.4, -0.2) is 18.1 Å². The fourth-order valence-corrected chi connectivity index (χ4v) is 2.31. The van der Waals surface area contributed by atoms with Crippen molar-refractivity contribution in [2.45, 2.75) is 58.0 Å². The highest BCUT2D eigenvalue weighted by molar-refractivity contribution is 5.04. The van der Waals surface area contributed by atoms with E-state index in [-0.39, 0.29) is 11.6 Å². The second kappa shape index (κ2) is 4.55. The molecule has 2 heteroatoms. The number of nitrogens with one attached hydrogen (secondary N) is 1. The average molecular weight is 208 g/mol. The summed E-state index contributed by atoms with van der Waals surface area (Å²) in [5.41, 5.74) is 6.46. The van der Waals surface area contributed by atoms with E-state index in [1.54, 1.807) is 0 Å². The predicted octanol–water partition coefficient (Wildman–Crippen LogP) is 1.90. The zero-order valence-corrected chi connectivity index (χ0v) is 10.3. The van der Waals surface area contributed by atoms with Crippen LogP contribution in [0.5, 0.6) is 0 Å². The van der Waals surface area contributed by atoms with Crippen LogP contribution in [0, 0.1) is 17.8 Å². The zero-order valence-electron chi connectivity index (χ0n) is 10.3. The van der Waals surface area contributed by atoms with Crippen LogP contribution in [0.3, 0.4) is 0 Å². The van der Waals surface area contributed by atoms with E-state index in [1.165, 1.54) is 12.8 Å². The molecule has 1 rings (SSSR count). The SMILES string of the molecule is C#CC(C)NC1(CN)CCC(C)(C)CC1. The maximum absolute atomic E-state index is 5.90. The third-order valence-corrected chi connectivity index (χ3v) is 3.72. The van der Waals surface area contributed by atoms with Crippen molar-refractivity contribution < 1.29 is 0 Å². The van der Waals surface area contributed by atoms with Gasteiger partial charge in [0.05, 0.1) is 6.04 Å². The molecule has 1 atom stereocenters. The molecule has 1 aliphatic carbocycles. The van der Waals surface area contributed by atoms with Gasteiger partial charge in [0.15, 0.2) is 0 Å². The minimum Gasteiger partial charge on any atom is -0.329 e. The molecular formula is C13H24N2. The van der Waals surface area contributed by atoms with E-state index in [1.807, 2.05) is 6.92 Å². The molecule has 0 saturated heterocycles. The van der Waals surface area contributed by atoms with Gasteiger partial charge in [-0.25, -0.2) is 0 Å². The van der Waals surface area contributed by atoms with E-state index in [9.17, 15) is 0 Å². The molecule has 0 aromatic heterocycles. The third kappa shape index (κ3) is 3.22. The van der Waals surface area contributed by atoms with Gasteiger partial charge >= 0.3 is 0 Å². The molecule has 0 aliphatic heterocycles. The molecule has 1 aliphatic rings. The van der Waals surface area contributed by atoms with Gasteiger partial charge in [0.1, 0.15) is 0 Å². The maximum Gasteiger partial charge on any atom is 0.0663 e. The molecule has 0 amide bonds. The quantitative estimate of drug-likeness (QED) is 0.695. The normalized spacial score (nSPS) is 25.5. The van der Waals surface area contributed by atoms with Gasteiger partial charge in [-0.3, -0.25) is 5.32 Å². The molecule has 0 aromatic carbocycles. The van der Waals surface area contributed by atoms with Crippen LogP contribution in [0.4, 0.5) is 0 Å². The van der Waals surface area contributed by atoms with Gasteiger partial charge in [-0.1, -0.05) is 19.8 Å². The van der Waals surface area contributed by atoms with Crippen LogP contribution >= 0.6 is 0 Å². The minimum absolute atomic E-state index is 0.0846. The first kappa shape index (κ1) is 12.5. The van der Waals surface area contributed by atoms with Crippen LogP contribution in [0.15, 0.2) is 0 Å². The number of terminal acetylenes is 1. The molecule has 1 saturated carbocycles. The van der Waals surface area contributed by atoms with E-state index in [0.29, 0.717) is 12.0 Å². The molecule has 2 nitrogen and oxygen atoms in total. The van der Waals surface area contributed by atoms with Crippen molar-refractivity contribution in [3.63, 3.8) is 0 Å². The second-order valence-electron chi connectivity index (χ2n) is 5.68. The topological polar surface area (TPSA) is 38.0 Å². The minimum atomic E-state index is 0.0846. The van der Waals surface area contributed by atoms with Crippen LogP contribution in [0.1, 0.15) is 46.5 Å². The van der Waals surface area contributed by atoms with Gasteiger partial charge in [-0.05, 0) is 38.0 Å². The van der Waals surface area contributed by atoms with Gasteiger partial charge in [0, 0.05) is 12.1 Å². The van der Waals surface area contributed by atoms with Crippen molar-refractivity contribution in [3.8, 4) is 12.3 Å². The molecule has 15 heavy (non-hydrogen) atoms. The Kier molecular flexibility index (Phi) is 3.81. The lowest BCUT2D eigenvalue weighted by atomic mass is 9.69. The summed E-state index contributed by atoms with van der Waals surface area (Å²) in [7, 11) is 0. The predicted molar refractivity (Wildman–Crippen MR) is 65.5 cm³/mol. The van der Waals surface area contributed by atoms with E-state index in [2.05, 4.69) is 25.1 Å². The molecule has 0 aromatic rings. The van der Waals surface area contributed by atoms with E-state index < -0.39 is 0 Å². The highest BCUT2D eigenvalue weighted by Gasteiger charge is 2.37. The first-order chi connectivity index (χ1) is 6.93. The van der Waals surface area contributed by atoms with Crippen molar-refractivity contribution in [3.05, 3.63) is 0 Å². The third-order valence-electron chi connectivity index (χ3n) is 3.72. The van der Waals surface area contributed by atoms with Crippen molar-refractivity contribution >= 4 is 0 Å². The Morgan fingerprint density at radius 1 is 1.33 bits per heavy atom. The number of rotatable bonds is 3. The largest absolute Gasteiger partial charge is 0.329 e. The fraction of sp³-hybridized carbons (Fsp3) is 0.846.